The van der Waals surface area contributed by atoms with E-state index in [-0.39, 0.29) is 0 Å². The summed E-state index contributed by atoms with van der Waals surface area (Å²) in [6, 6.07) is 38.1. The minimum absolute atomic E-state index is 0.557. The highest BCUT2D eigenvalue weighted by atomic mass is 16.5. The van der Waals surface area contributed by atoms with Crippen molar-refractivity contribution in [2.45, 2.75) is 0 Å². The quantitative estimate of drug-likeness (QED) is 0.271. The highest BCUT2D eigenvalue weighted by Gasteiger charge is 2.17. The predicted octanol–water partition coefficient (Wildman–Crippen LogP) is 7.36. The van der Waals surface area contributed by atoms with Gasteiger partial charge in [-0.25, -0.2) is 0 Å². The molecular formula is C31H19BNO3. The Morgan fingerprint density at radius 2 is 1.25 bits per heavy atom. The number of nitrogens with zero attached hydrogens (tertiary/aromatic N) is 1. The van der Waals surface area contributed by atoms with Gasteiger partial charge in [-0.05, 0) is 64.2 Å². The Kier molecular flexibility index (Phi) is 5.50. The molecule has 0 aliphatic rings. The molecule has 169 valence electrons. The Morgan fingerprint density at radius 1 is 0.667 bits per heavy atom. The number of para-hydroxylation sites is 1. The van der Waals surface area contributed by atoms with Gasteiger partial charge in [0, 0.05) is 16.3 Å². The van der Waals surface area contributed by atoms with E-state index in [0.29, 0.717) is 19.0 Å². The molecule has 1 radical (unpaired) electrons. The van der Waals surface area contributed by atoms with E-state index in [9.17, 15) is 0 Å². The first-order chi connectivity index (χ1) is 17.7. The molecule has 0 aliphatic heterocycles. The summed E-state index contributed by atoms with van der Waals surface area (Å²) in [5, 5.41) is 20.1. The third-order valence-corrected chi connectivity index (χ3v) is 6.42. The molecule has 0 unspecified atom stereocenters. The molecule has 6 aromatic rings. The first-order valence-corrected chi connectivity index (χ1v) is 11.5. The van der Waals surface area contributed by atoms with E-state index in [2.05, 4.69) is 48.5 Å². The van der Waals surface area contributed by atoms with E-state index in [1.807, 2.05) is 66.7 Å². The molecular weight excluding hydrogens is 445 g/mol. The minimum Gasteiger partial charge on any atom is -0.537 e. The molecule has 5 aromatic carbocycles. The zero-order chi connectivity index (χ0) is 24.5. The number of benzene rings is 5. The van der Waals surface area contributed by atoms with Crippen molar-refractivity contribution in [3.8, 4) is 45.2 Å². The molecule has 6 rings (SSSR count). The molecule has 0 atom stereocenters. The van der Waals surface area contributed by atoms with Crippen molar-refractivity contribution in [2.24, 2.45) is 0 Å². The third-order valence-electron chi connectivity index (χ3n) is 6.42. The summed E-state index contributed by atoms with van der Waals surface area (Å²) in [5.74, 6) is 0.557. The van der Waals surface area contributed by atoms with Gasteiger partial charge < -0.3 is 14.1 Å². The van der Waals surface area contributed by atoms with Crippen LogP contribution in [0.1, 0.15) is 5.56 Å². The average Bonchev–Trinajstić information content (AvgIpc) is 3.33. The van der Waals surface area contributed by atoms with Crippen LogP contribution >= 0.6 is 0 Å². The van der Waals surface area contributed by atoms with E-state index in [1.165, 1.54) is 0 Å². The average molecular weight is 464 g/mol. The van der Waals surface area contributed by atoms with Gasteiger partial charge in [0.2, 0.25) is 0 Å². The Balaban J connectivity index is 1.47. The van der Waals surface area contributed by atoms with Gasteiger partial charge in [-0.1, -0.05) is 72.8 Å². The Labute approximate surface area is 208 Å². The molecule has 0 saturated heterocycles. The number of nitriles is 1. The van der Waals surface area contributed by atoms with Gasteiger partial charge in [0.15, 0.2) is 0 Å². The summed E-state index contributed by atoms with van der Waals surface area (Å²) in [5.41, 5.74) is 8.65. The lowest BCUT2D eigenvalue weighted by Crippen LogP contribution is -1.99. The summed E-state index contributed by atoms with van der Waals surface area (Å²) in [7, 11) is 0.674. The zero-order valence-electron chi connectivity index (χ0n) is 19.2. The molecule has 0 saturated carbocycles. The van der Waals surface area contributed by atoms with Gasteiger partial charge in [-0.3, -0.25) is 0 Å². The minimum atomic E-state index is 0.557. The fourth-order valence-electron chi connectivity index (χ4n) is 4.65. The molecule has 0 bridgehead atoms. The van der Waals surface area contributed by atoms with Crippen LogP contribution in [0, 0.1) is 11.3 Å². The molecule has 1 N–H and O–H groups in total. The van der Waals surface area contributed by atoms with Crippen molar-refractivity contribution in [1.29, 1.82) is 5.26 Å². The highest BCUT2D eigenvalue weighted by molar-refractivity contribution is 6.17. The molecule has 36 heavy (non-hydrogen) atoms. The Bertz CT molecular complexity index is 1730. The second-order valence-corrected chi connectivity index (χ2v) is 8.48. The Morgan fingerprint density at radius 3 is 1.94 bits per heavy atom. The lowest BCUT2D eigenvalue weighted by atomic mass is 9.93. The summed E-state index contributed by atoms with van der Waals surface area (Å²) in [6.45, 7) is 0. The lowest BCUT2D eigenvalue weighted by Gasteiger charge is -2.10. The first-order valence-electron chi connectivity index (χ1n) is 11.5. The molecule has 0 aliphatic carbocycles. The van der Waals surface area contributed by atoms with Crippen molar-refractivity contribution in [3.05, 3.63) is 115 Å². The maximum Gasteiger partial charge on any atom is 0.569 e. The fourth-order valence-corrected chi connectivity index (χ4v) is 4.65. The smallest absolute Gasteiger partial charge is 0.537 e. The summed E-state index contributed by atoms with van der Waals surface area (Å²) in [4.78, 5) is 0. The summed E-state index contributed by atoms with van der Waals surface area (Å²) in [6.07, 6.45) is 0. The van der Waals surface area contributed by atoms with Crippen LogP contribution in [0.25, 0.3) is 55.3 Å². The maximum atomic E-state index is 9.06. The van der Waals surface area contributed by atoms with Crippen LogP contribution in [0.2, 0.25) is 0 Å². The zero-order valence-corrected chi connectivity index (χ0v) is 19.2. The standard InChI is InChI=1S/C31H19BNO3/c33-19-20-5-7-21(8-6-20)22-9-11-23(12-10-22)26-17-18-27(24-13-15-25(16-14-24)36-32-34)31-30(26)28-3-1-2-4-29(28)35-31/h1-18,34H. The van der Waals surface area contributed by atoms with Crippen LogP contribution in [0.15, 0.2) is 114 Å². The van der Waals surface area contributed by atoms with Gasteiger partial charge in [-0.2, -0.15) is 5.26 Å². The molecule has 0 spiro atoms. The second-order valence-electron chi connectivity index (χ2n) is 8.48. The topological polar surface area (TPSA) is 66.4 Å². The number of rotatable bonds is 5. The summed E-state index contributed by atoms with van der Waals surface area (Å²) < 4.78 is 11.4. The normalized spacial score (nSPS) is 10.9. The fraction of sp³-hybridized carbons (Fsp3) is 0. The summed E-state index contributed by atoms with van der Waals surface area (Å²) >= 11 is 0. The maximum absolute atomic E-state index is 9.06. The third kappa shape index (κ3) is 3.80. The van der Waals surface area contributed by atoms with Gasteiger partial charge in [0.25, 0.3) is 0 Å². The van der Waals surface area contributed by atoms with Crippen LogP contribution in [0.5, 0.6) is 5.75 Å². The van der Waals surface area contributed by atoms with E-state index in [1.54, 1.807) is 0 Å². The number of fused-ring (bicyclic) bond motifs is 3. The van der Waals surface area contributed by atoms with Crippen molar-refractivity contribution in [2.75, 3.05) is 0 Å². The van der Waals surface area contributed by atoms with Crippen molar-refractivity contribution >= 4 is 29.6 Å². The largest absolute Gasteiger partial charge is 0.569 e. The second kappa shape index (κ2) is 9.11. The van der Waals surface area contributed by atoms with Crippen molar-refractivity contribution in [1.82, 2.24) is 0 Å². The first kappa shape index (κ1) is 21.7. The van der Waals surface area contributed by atoms with Crippen molar-refractivity contribution in [3.63, 3.8) is 0 Å². The van der Waals surface area contributed by atoms with Crippen LogP contribution in [-0.4, -0.2) is 12.7 Å². The predicted molar refractivity (Wildman–Crippen MR) is 143 cm³/mol. The molecule has 1 aromatic heterocycles. The lowest BCUT2D eigenvalue weighted by molar-refractivity contribution is 0.454. The molecule has 1 heterocycles. The SMILES string of the molecule is N#Cc1ccc(-c2ccc(-c3ccc(-c4ccc(O[B]O)cc4)c4oc5ccccc5c34)cc2)cc1. The van der Waals surface area contributed by atoms with E-state index in [4.69, 9.17) is 19.4 Å². The number of furan rings is 1. The van der Waals surface area contributed by atoms with Crippen LogP contribution < -0.4 is 4.65 Å². The van der Waals surface area contributed by atoms with E-state index in [0.717, 1.165) is 55.3 Å². The molecule has 0 fully saturated rings. The van der Waals surface area contributed by atoms with Gasteiger partial charge >= 0.3 is 7.69 Å². The van der Waals surface area contributed by atoms with Crippen LogP contribution in [-0.2, 0) is 0 Å². The highest BCUT2D eigenvalue weighted by Crippen LogP contribution is 2.42. The molecule has 5 heteroatoms. The molecule has 4 nitrogen and oxygen atoms in total. The Hall–Kier alpha value is -4.79. The van der Waals surface area contributed by atoms with Crippen LogP contribution in [0.3, 0.4) is 0 Å². The number of hydrogen-bond donors (Lipinski definition) is 1. The van der Waals surface area contributed by atoms with Crippen LogP contribution in [0.4, 0.5) is 0 Å². The van der Waals surface area contributed by atoms with Crippen molar-refractivity contribution < 1.29 is 14.1 Å². The number of hydrogen-bond acceptors (Lipinski definition) is 4. The van der Waals surface area contributed by atoms with Gasteiger partial charge in [0.1, 0.15) is 16.9 Å². The monoisotopic (exact) mass is 464 g/mol. The van der Waals surface area contributed by atoms with E-state index < -0.39 is 0 Å². The van der Waals surface area contributed by atoms with Gasteiger partial charge in [0.05, 0.1) is 11.6 Å². The molecule has 0 amide bonds. The van der Waals surface area contributed by atoms with E-state index >= 15 is 0 Å². The van der Waals surface area contributed by atoms with Gasteiger partial charge in [-0.15, -0.1) is 0 Å².